The molecule has 1 aromatic rings. The number of ether oxygens (including phenoxy) is 1. The van der Waals surface area contributed by atoms with Gasteiger partial charge >= 0.3 is 0 Å². The molecule has 0 unspecified atom stereocenters. The quantitative estimate of drug-likeness (QED) is 0.831. The van der Waals surface area contributed by atoms with Gasteiger partial charge in [-0.05, 0) is 32.9 Å². The fourth-order valence-electron chi connectivity index (χ4n) is 1.71. The lowest BCUT2D eigenvalue weighted by Crippen LogP contribution is -2.44. The molecule has 0 aliphatic carbocycles. The topological polar surface area (TPSA) is 58.6 Å². The number of rotatable bonds is 7. The SMILES string of the molecule is CCN(CC(=O)NC(C)C)C(=O)COc1cccc(F)c1. The third kappa shape index (κ3) is 6.25. The van der Waals surface area contributed by atoms with Crippen LogP contribution in [0.4, 0.5) is 4.39 Å². The largest absolute Gasteiger partial charge is 0.484 e. The van der Waals surface area contributed by atoms with E-state index < -0.39 is 5.82 Å². The van der Waals surface area contributed by atoms with Crippen molar-refractivity contribution >= 4 is 11.8 Å². The van der Waals surface area contributed by atoms with Gasteiger partial charge in [0.15, 0.2) is 6.61 Å². The second kappa shape index (κ2) is 8.24. The molecule has 2 amide bonds. The molecule has 0 radical (unpaired) electrons. The van der Waals surface area contributed by atoms with Gasteiger partial charge in [0.05, 0.1) is 6.54 Å². The fourth-order valence-corrected chi connectivity index (χ4v) is 1.71. The molecule has 0 bridgehead atoms. The Kier molecular flexibility index (Phi) is 6.65. The van der Waals surface area contributed by atoms with E-state index in [0.717, 1.165) is 0 Å². The van der Waals surface area contributed by atoms with Crippen molar-refractivity contribution in [3.05, 3.63) is 30.1 Å². The van der Waals surface area contributed by atoms with Crippen LogP contribution in [-0.2, 0) is 9.59 Å². The Hall–Kier alpha value is -2.11. The van der Waals surface area contributed by atoms with Crippen LogP contribution in [0.2, 0.25) is 0 Å². The third-order valence-corrected chi connectivity index (χ3v) is 2.68. The van der Waals surface area contributed by atoms with E-state index in [1.165, 1.54) is 23.1 Å². The van der Waals surface area contributed by atoms with Crippen LogP contribution in [0.25, 0.3) is 0 Å². The van der Waals surface area contributed by atoms with E-state index in [2.05, 4.69) is 5.32 Å². The predicted octanol–water partition coefficient (Wildman–Crippen LogP) is 1.58. The molecule has 6 heteroatoms. The van der Waals surface area contributed by atoms with E-state index in [-0.39, 0.29) is 36.8 Å². The number of halogens is 1. The van der Waals surface area contributed by atoms with Crippen LogP contribution in [0.1, 0.15) is 20.8 Å². The van der Waals surface area contributed by atoms with Gasteiger partial charge in [0.2, 0.25) is 5.91 Å². The van der Waals surface area contributed by atoms with E-state index in [0.29, 0.717) is 6.54 Å². The Morgan fingerprint density at radius 1 is 1.38 bits per heavy atom. The molecule has 0 saturated heterocycles. The lowest BCUT2D eigenvalue weighted by molar-refractivity contribution is -0.137. The standard InChI is InChI=1S/C15H21FN2O3/c1-4-18(9-14(19)17-11(2)3)15(20)10-21-13-7-5-6-12(16)8-13/h5-8,11H,4,9-10H2,1-3H3,(H,17,19). The molecule has 1 aromatic carbocycles. The molecule has 0 spiro atoms. The number of carbonyl (C=O) groups excluding carboxylic acids is 2. The number of nitrogens with one attached hydrogen (secondary N) is 1. The highest BCUT2D eigenvalue weighted by Gasteiger charge is 2.16. The number of likely N-dealkylation sites (N-methyl/N-ethyl adjacent to an activating group) is 1. The van der Waals surface area contributed by atoms with Crippen LogP contribution in [0.15, 0.2) is 24.3 Å². The summed E-state index contributed by atoms with van der Waals surface area (Å²) in [5.74, 6) is -0.679. The molecule has 5 nitrogen and oxygen atoms in total. The fraction of sp³-hybridized carbons (Fsp3) is 0.467. The second-order valence-electron chi connectivity index (χ2n) is 4.88. The summed E-state index contributed by atoms with van der Waals surface area (Å²) in [5.41, 5.74) is 0. The molecule has 0 aliphatic heterocycles. The first-order valence-corrected chi connectivity index (χ1v) is 6.88. The molecule has 0 atom stereocenters. The smallest absolute Gasteiger partial charge is 0.260 e. The lowest BCUT2D eigenvalue weighted by Gasteiger charge is -2.21. The molecule has 0 heterocycles. The number of benzene rings is 1. The van der Waals surface area contributed by atoms with Crippen molar-refractivity contribution in [1.29, 1.82) is 0 Å². The van der Waals surface area contributed by atoms with E-state index in [4.69, 9.17) is 4.74 Å². The predicted molar refractivity (Wildman–Crippen MR) is 77.4 cm³/mol. The maximum atomic E-state index is 13.0. The van der Waals surface area contributed by atoms with Gasteiger partial charge in [0.25, 0.3) is 5.91 Å². The van der Waals surface area contributed by atoms with Gasteiger partial charge in [-0.15, -0.1) is 0 Å². The minimum absolute atomic E-state index is 0.0139. The Labute approximate surface area is 124 Å². The van der Waals surface area contributed by atoms with Crippen molar-refractivity contribution < 1.29 is 18.7 Å². The van der Waals surface area contributed by atoms with E-state index in [9.17, 15) is 14.0 Å². The van der Waals surface area contributed by atoms with Gasteiger partial charge in [-0.3, -0.25) is 9.59 Å². The summed E-state index contributed by atoms with van der Waals surface area (Å²) in [5, 5.41) is 2.72. The molecule has 0 aromatic heterocycles. The Morgan fingerprint density at radius 3 is 2.67 bits per heavy atom. The average Bonchev–Trinajstić information content (AvgIpc) is 2.41. The van der Waals surface area contributed by atoms with Crippen molar-refractivity contribution in [3.63, 3.8) is 0 Å². The minimum Gasteiger partial charge on any atom is -0.484 e. The van der Waals surface area contributed by atoms with Crippen molar-refractivity contribution in [3.8, 4) is 5.75 Å². The minimum atomic E-state index is -0.427. The summed E-state index contributed by atoms with van der Waals surface area (Å²) >= 11 is 0. The number of amides is 2. The first-order valence-electron chi connectivity index (χ1n) is 6.88. The van der Waals surface area contributed by atoms with Gasteiger partial charge in [-0.1, -0.05) is 6.07 Å². The van der Waals surface area contributed by atoms with Crippen LogP contribution in [0, 0.1) is 5.82 Å². The average molecular weight is 296 g/mol. The lowest BCUT2D eigenvalue weighted by atomic mass is 10.3. The molecule has 0 fully saturated rings. The van der Waals surface area contributed by atoms with Gasteiger partial charge in [0, 0.05) is 18.7 Å². The van der Waals surface area contributed by atoms with E-state index in [1.54, 1.807) is 13.0 Å². The van der Waals surface area contributed by atoms with Crippen molar-refractivity contribution in [1.82, 2.24) is 10.2 Å². The monoisotopic (exact) mass is 296 g/mol. The van der Waals surface area contributed by atoms with Gasteiger partial charge in [-0.25, -0.2) is 4.39 Å². The summed E-state index contributed by atoms with van der Waals surface area (Å²) in [6.45, 7) is 5.64. The van der Waals surface area contributed by atoms with Crippen molar-refractivity contribution in [2.24, 2.45) is 0 Å². The number of hydrogen-bond acceptors (Lipinski definition) is 3. The van der Waals surface area contributed by atoms with Crippen LogP contribution >= 0.6 is 0 Å². The second-order valence-corrected chi connectivity index (χ2v) is 4.88. The first kappa shape index (κ1) is 16.9. The summed E-state index contributed by atoms with van der Waals surface area (Å²) in [6.07, 6.45) is 0. The molecule has 1 rings (SSSR count). The summed E-state index contributed by atoms with van der Waals surface area (Å²) in [7, 11) is 0. The molecule has 116 valence electrons. The van der Waals surface area contributed by atoms with E-state index in [1.807, 2.05) is 13.8 Å². The molecular formula is C15H21FN2O3. The molecule has 21 heavy (non-hydrogen) atoms. The zero-order chi connectivity index (χ0) is 15.8. The third-order valence-electron chi connectivity index (χ3n) is 2.68. The van der Waals surface area contributed by atoms with Crippen LogP contribution < -0.4 is 10.1 Å². The number of carbonyl (C=O) groups is 2. The Morgan fingerprint density at radius 2 is 2.10 bits per heavy atom. The van der Waals surface area contributed by atoms with Crippen molar-refractivity contribution in [2.45, 2.75) is 26.8 Å². The first-order chi connectivity index (χ1) is 9.92. The van der Waals surface area contributed by atoms with Crippen molar-refractivity contribution in [2.75, 3.05) is 19.7 Å². The zero-order valence-electron chi connectivity index (χ0n) is 12.6. The summed E-state index contributed by atoms with van der Waals surface area (Å²) < 4.78 is 18.2. The maximum Gasteiger partial charge on any atom is 0.260 e. The van der Waals surface area contributed by atoms with Gasteiger partial charge in [0.1, 0.15) is 11.6 Å². The zero-order valence-corrected chi connectivity index (χ0v) is 12.6. The Bertz CT molecular complexity index is 492. The number of hydrogen-bond donors (Lipinski definition) is 1. The molecule has 0 saturated carbocycles. The molecule has 1 N–H and O–H groups in total. The van der Waals surface area contributed by atoms with Crippen LogP contribution in [0.5, 0.6) is 5.75 Å². The van der Waals surface area contributed by atoms with Gasteiger partial charge < -0.3 is 15.0 Å². The summed E-state index contributed by atoms with van der Waals surface area (Å²) in [6, 6.07) is 5.59. The molecule has 0 aliphatic rings. The highest BCUT2D eigenvalue weighted by Crippen LogP contribution is 2.11. The normalized spacial score (nSPS) is 10.3. The highest BCUT2D eigenvalue weighted by molar-refractivity contribution is 5.85. The van der Waals surface area contributed by atoms with Gasteiger partial charge in [-0.2, -0.15) is 0 Å². The Balaban J connectivity index is 2.49. The van der Waals surface area contributed by atoms with E-state index >= 15 is 0 Å². The highest BCUT2D eigenvalue weighted by atomic mass is 19.1. The molecular weight excluding hydrogens is 275 g/mol. The summed E-state index contributed by atoms with van der Waals surface area (Å²) in [4.78, 5) is 25.0. The number of nitrogens with zero attached hydrogens (tertiary/aromatic N) is 1. The van der Waals surface area contributed by atoms with Crippen LogP contribution in [-0.4, -0.2) is 42.5 Å². The van der Waals surface area contributed by atoms with Crippen LogP contribution in [0.3, 0.4) is 0 Å². The maximum absolute atomic E-state index is 13.0.